The molecule has 0 spiro atoms. The molecule has 1 N–H and O–H groups in total. The van der Waals surface area contributed by atoms with Crippen LogP contribution in [0, 0.1) is 0 Å². The molecule has 6 nitrogen and oxygen atoms in total. The first-order chi connectivity index (χ1) is 13.7. The van der Waals surface area contributed by atoms with Crippen molar-refractivity contribution in [2.24, 2.45) is 4.99 Å². The number of hydrogen-bond donors (Lipinski definition) is 1. The highest BCUT2D eigenvalue weighted by Gasteiger charge is 2.10. The molecule has 1 aromatic heterocycles. The zero-order chi connectivity index (χ0) is 19.8. The Bertz CT molecular complexity index is 904. The average Bonchev–Trinajstić information content (AvgIpc) is 3.21. The molecule has 6 heteroatoms. The Morgan fingerprint density at radius 2 is 1.89 bits per heavy atom. The SMILES string of the molecule is CN=C(NCCc1cnn(-c2ccccc2)c1)N(C)Cc1ccccc1OC. The first-order valence-corrected chi connectivity index (χ1v) is 9.34. The number of aromatic nitrogens is 2. The predicted octanol–water partition coefficient (Wildman–Crippen LogP) is 3.13. The van der Waals surface area contributed by atoms with Crippen molar-refractivity contribution in [1.82, 2.24) is 20.0 Å². The lowest BCUT2D eigenvalue weighted by Crippen LogP contribution is -2.39. The Morgan fingerprint density at radius 3 is 2.64 bits per heavy atom. The van der Waals surface area contributed by atoms with E-state index in [2.05, 4.69) is 32.6 Å². The molecule has 3 rings (SSSR count). The molecule has 0 radical (unpaired) electrons. The van der Waals surface area contributed by atoms with Crippen LogP contribution in [-0.4, -0.2) is 48.4 Å². The quantitative estimate of drug-likeness (QED) is 0.508. The molecule has 1 heterocycles. The van der Waals surface area contributed by atoms with Crippen LogP contribution < -0.4 is 10.1 Å². The van der Waals surface area contributed by atoms with Crippen LogP contribution in [0.3, 0.4) is 0 Å². The molecule has 146 valence electrons. The van der Waals surface area contributed by atoms with Crippen LogP contribution in [0.4, 0.5) is 0 Å². The summed E-state index contributed by atoms with van der Waals surface area (Å²) in [5.74, 6) is 1.74. The molecule has 0 aliphatic rings. The Hall–Kier alpha value is -3.28. The van der Waals surface area contributed by atoms with E-state index in [0.29, 0.717) is 0 Å². The molecule has 0 atom stereocenters. The maximum Gasteiger partial charge on any atom is 0.193 e. The standard InChI is InChI=1S/C22H27N5O/c1-23-22(26(2)17-19-9-7-8-12-21(19)28-3)24-14-13-18-15-25-27(16-18)20-10-5-4-6-11-20/h4-12,15-16H,13-14,17H2,1-3H3,(H,23,24). The Morgan fingerprint density at radius 1 is 1.14 bits per heavy atom. The molecule has 3 aromatic rings. The van der Waals surface area contributed by atoms with Crippen molar-refractivity contribution in [1.29, 1.82) is 0 Å². The molecule has 0 saturated carbocycles. The lowest BCUT2D eigenvalue weighted by Gasteiger charge is -2.23. The van der Waals surface area contributed by atoms with Gasteiger partial charge in [0.05, 0.1) is 19.0 Å². The van der Waals surface area contributed by atoms with Gasteiger partial charge < -0.3 is 15.0 Å². The van der Waals surface area contributed by atoms with Crippen LogP contribution in [0.25, 0.3) is 5.69 Å². The number of nitrogens with zero attached hydrogens (tertiary/aromatic N) is 4. The summed E-state index contributed by atoms with van der Waals surface area (Å²) >= 11 is 0. The molecule has 0 saturated heterocycles. The van der Waals surface area contributed by atoms with E-state index in [1.54, 1.807) is 14.2 Å². The monoisotopic (exact) mass is 377 g/mol. The van der Waals surface area contributed by atoms with E-state index in [1.165, 1.54) is 5.56 Å². The summed E-state index contributed by atoms with van der Waals surface area (Å²) in [4.78, 5) is 6.48. The first kappa shape index (κ1) is 19.5. The summed E-state index contributed by atoms with van der Waals surface area (Å²) in [6, 6.07) is 18.2. The molecule has 0 unspecified atom stereocenters. The summed E-state index contributed by atoms with van der Waals surface area (Å²) < 4.78 is 7.34. The summed E-state index contributed by atoms with van der Waals surface area (Å²) in [7, 11) is 5.52. The van der Waals surface area contributed by atoms with Gasteiger partial charge in [0, 0.05) is 38.9 Å². The van der Waals surface area contributed by atoms with Crippen molar-refractivity contribution < 1.29 is 4.74 Å². The Kier molecular flexibility index (Phi) is 6.68. The van der Waals surface area contributed by atoms with Crippen molar-refractivity contribution in [3.63, 3.8) is 0 Å². The van der Waals surface area contributed by atoms with Gasteiger partial charge in [0.2, 0.25) is 0 Å². The number of para-hydroxylation sites is 2. The molecule has 0 amide bonds. The average molecular weight is 377 g/mol. The largest absolute Gasteiger partial charge is 0.496 e. The fourth-order valence-corrected chi connectivity index (χ4v) is 3.08. The summed E-state index contributed by atoms with van der Waals surface area (Å²) in [5.41, 5.74) is 3.37. The fraction of sp³-hybridized carbons (Fsp3) is 0.273. The zero-order valence-corrected chi connectivity index (χ0v) is 16.7. The fourth-order valence-electron chi connectivity index (χ4n) is 3.08. The molecule has 0 aliphatic heterocycles. The maximum absolute atomic E-state index is 5.44. The summed E-state index contributed by atoms with van der Waals surface area (Å²) in [6.45, 7) is 1.50. The minimum Gasteiger partial charge on any atom is -0.496 e. The number of guanidine groups is 1. The third kappa shape index (κ3) is 4.91. The van der Waals surface area contributed by atoms with E-state index < -0.39 is 0 Å². The summed E-state index contributed by atoms with van der Waals surface area (Å²) in [6.07, 6.45) is 4.85. The van der Waals surface area contributed by atoms with Crippen molar-refractivity contribution in [2.75, 3.05) is 27.7 Å². The number of rotatable bonds is 7. The molecular weight excluding hydrogens is 350 g/mol. The van der Waals surface area contributed by atoms with Gasteiger partial charge >= 0.3 is 0 Å². The first-order valence-electron chi connectivity index (χ1n) is 9.34. The van der Waals surface area contributed by atoms with Gasteiger partial charge in [-0.05, 0) is 30.2 Å². The lowest BCUT2D eigenvalue weighted by atomic mass is 10.2. The van der Waals surface area contributed by atoms with Crippen LogP contribution in [0.1, 0.15) is 11.1 Å². The minimum atomic E-state index is 0.718. The van der Waals surface area contributed by atoms with Crippen LogP contribution >= 0.6 is 0 Å². The van der Waals surface area contributed by atoms with E-state index in [0.717, 1.165) is 42.5 Å². The normalized spacial score (nSPS) is 11.3. The van der Waals surface area contributed by atoms with E-state index in [1.807, 2.05) is 66.5 Å². The number of nitrogens with one attached hydrogen (secondary N) is 1. The molecule has 0 aliphatic carbocycles. The van der Waals surface area contributed by atoms with Crippen molar-refractivity contribution in [3.05, 3.63) is 78.1 Å². The third-order valence-corrected chi connectivity index (χ3v) is 4.53. The highest BCUT2D eigenvalue weighted by Crippen LogP contribution is 2.18. The van der Waals surface area contributed by atoms with Gasteiger partial charge in [0.15, 0.2) is 5.96 Å². The van der Waals surface area contributed by atoms with E-state index in [-0.39, 0.29) is 0 Å². The highest BCUT2D eigenvalue weighted by atomic mass is 16.5. The zero-order valence-electron chi connectivity index (χ0n) is 16.7. The molecule has 0 fully saturated rings. The van der Waals surface area contributed by atoms with Crippen LogP contribution in [0.2, 0.25) is 0 Å². The second-order valence-corrected chi connectivity index (χ2v) is 6.52. The van der Waals surface area contributed by atoms with Crippen LogP contribution in [0.5, 0.6) is 5.75 Å². The number of hydrogen-bond acceptors (Lipinski definition) is 3. The van der Waals surface area contributed by atoms with Gasteiger partial charge in [-0.25, -0.2) is 4.68 Å². The van der Waals surface area contributed by atoms with Crippen LogP contribution in [0.15, 0.2) is 72.0 Å². The van der Waals surface area contributed by atoms with Crippen molar-refractivity contribution in [2.45, 2.75) is 13.0 Å². The Labute approximate surface area is 166 Å². The second kappa shape index (κ2) is 9.60. The number of ether oxygens (including phenoxy) is 1. The van der Waals surface area contributed by atoms with E-state index in [4.69, 9.17) is 4.74 Å². The van der Waals surface area contributed by atoms with E-state index in [9.17, 15) is 0 Å². The molecule has 28 heavy (non-hydrogen) atoms. The molecular formula is C22H27N5O. The maximum atomic E-state index is 5.44. The molecule has 0 bridgehead atoms. The number of methoxy groups -OCH3 is 1. The van der Waals surface area contributed by atoms with Gasteiger partial charge in [-0.2, -0.15) is 5.10 Å². The highest BCUT2D eigenvalue weighted by molar-refractivity contribution is 5.79. The number of benzene rings is 2. The predicted molar refractivity (Wildman–Crippen MR) is 113 cm³/mol. The van der Waals surface area contributed by atoms with Gasteiger partial charge in [-0.15, -0.1) is 0 Å². The van der Waals surface area contributed by atoms with Gasteiger partial charge in [0.1, 0.15) is 5.75 Å². The van der Waals surface area contributed by atoms with Crippen molar-refractivity contribution in [3.8, 4) is 11.4 Å². The summed E-state index contributed by atoms with van der Waals surface area (Å²) in [5, 5.41) is 7.87. The van der Waals surface area contributed by atoms with Gasteiger partial charge in [0.25, 0.3) is 0 Å². The van der Waals surface area contributed by atoms with Gasteiger partial charge in [-0.1, -0.05) is 36.4 Å². The third-order valence-electron chi connectivity index (χ3n) is 4.53. The second-order valence-electron chi connectivity index (χ2n) is 6.52. The van der Waals surface area contributed by atoms with Gasteiger partial charge in [-0.3, -0.25) is 4.99 Å². The molecule has 2 aromatic carbocycles. The smallest absolute Gasteiger partial charge is 0.193 e. The minimum absolute atomic E-state index is 0.718. The van der Waals surface area contributed by atoms with E-state index >= 15 is 0 Å². The topological polar surface area (TPSA) is 54.7 Å². The van der Waals surface area contributed by atoms with Crippen LogP contribution in [-0.2, 0) is 13.0 Å². The lowest BCUT2D eigenvalue weighted by molar-refractivity contribution is 0.396. The van der Waals surface area contributed by atoms with Crippen molar-refractivity contribution >= 4 is 5.96 Å². The number of aliphatic imine (C=N–C) groups is 1. The Balaban J connectivity index is 1.54.